The van der Waals surface area contributed by atoms with E-state index in [1.807, 2.05) is 6.26 Å². The van der Waals surface area contributed by atoms with Gasteiger partial charge in [0.15, 0.2) is 11.6 Å². The second-order valence-electron chi connectivity index (χ2n) is 4.14. The van der Waals surface area contributed by atoms with Crippen LogP contribution in [0.4, 0.5) is 5.69 Å². The summed E-state index contributed by atoms with van der Waals surface area (Å²) in [6.07, 6.45) is 3.24. The number of benzene rings is 1. The molecule has 0 saturated carbocycles. The van der Waals surface area contributed by atoms with Gasteiger partial charge in [-0.05, 0) is 19.2 Å². The number of methoxy groups -OCH3 is 1. The summed E-state index contributed by atoms with van der Waals surface area (Å²) in [5.74, 6) is 0.0667. The van der Waals surface area contributed by atoms with Crippen molar-refractivity contribution >= 4 is 23.7 Å². The highest BCUT2D eigenvalue weighted by Gasteiger charge is 2.19. The third-order valence-corrected chi connectivity index (χ3v) is 3.39. The minimum atomic E-state index is -0.688. The average molecular weight is 323 g/mol. The van der Waals surface area contributed by atoms with Crippen molar-refractivity contribution in [1.29, 1.82) is 0 Å². The molecule has 0 radical (unpaired) electrons. The maximum Gasteiger partial charge on any atom is 0.315 e. The van der Waals surface area contributed by atoms with Crippen LogP contribution < -0.4 is 4.74 Å². The predicted octanol–water partition coefficient (Wildman–Crippen LogP) is 1.81. The quantitative estimate of drug-likeness (QED) is 0.386. The molecule has 10 heteroatoms. The predicted molar refractivity (Wildman–Crippen MR) is 80.8 cm³/mol. The lowest BCUT2D eigenvalue weighted by Gasteiger charge is -2.05. The number of ether oxygens (including phenoxy) is 1. The van der Waals surface area contributed by atoms with Gasteiger partial charge in [0.1, 0.15) is 0 Å². The molecule has 0 spiro atoms. The van der Waals surface area contributed by atoms with Gasteiger partial charge in [0.05, 0.1) is 18.2 Å². The Morgan fingerprint density at radius 2 is 2.23 bits per heavy atom. The van der Waals surface area contributed by atoms with E-state index in [4.69, 9.17) is 4.74 Å². The number of nitro benzene ring substituents is 1. The SMILES string of the molecule is COc1cc(/C=N\n2c(C)nnc2SC)cc([N+](=O)[O-])c1O. The van der Waals surface area contributed by atoms with Crippen LogP contribution >= 0.6 is 11.8 Å². The van der Waals surface area contributed by atoms with Crippen LogP contribution in [-0.2, 0) is 0 Å². The summed E-state index contributed by atoms with van der Waals surface area (Å²) < 4.78 is 6.44. The molecule has 22 heavy (non-hydrogen) atoms. The fourth-order valence-corrected chi connectivity index (χ4v) is 2.18. The number of hydrogen-bond acceptors (Lipinski definition) is 8. The zero-order valence-electron chi connectivity index (χ0n) is 12.0. The van der Waals surface area contributed by atoms with E-state index < -0.39 is 16.4 Å². The van der Waals surface area contributed by atoms with Crippen molar-refractivity contribution in [1.82, 2.24) is 14.9 Å². The van der Waals surface area contributed by atoms with Gasteiger partial charge >= 0.3 is 5.69 Å². The molecule has 0 unspecified atom stereocenters. The number of phenols is 1. The highest BCUT2D eigenvalue weighted by Crippen LogP contribution is 2.36. The molecule has 0 aliphatic rings. The largest absolute Gasteiger partial charge is 0.500 e. The van der Waals surface area contributed by atoms with Gasteiger partial charge in [-0.3, -0.25) is 10.1 Å². The number of aromatic hydroxyl groups is 1. The van der Waals surface area contributed by atoms with Crippen molar-refractivity contribution in [3.8, 4) is 11.5 Å². The van der Waals surface area contributed by atoms with Crippen molar-refractivity contribution in [3.63, 3.8) is 0 Å². The summed E-state index contributed by atoms with van der Waals surface area (Å²) in [7, 11) is 1.31. The van der Waals surface area contributed by atoms with Gasteiger partial charge in [-0.1, -0.05) is 11.8 Å². The number of aryl methyl sites for hydroxylation is 1. The number of thioether (sulfide) groups is 1. The van der Waals surface area contributed by atoms with Crippen LogP contribution in [0.1, 0.15) is 11.4 Å². The van der Waals surface area contributed by atoms with Gasteiger partial charge in [-0.15, -0.1) is 10.2 Å². The van der Waals surface area contributed by atoms with Gasteiger partial charge in [0, 0.05) is 11.6 Å². The van der Waals surface area contributed by atoms with Crippen molar-refractivity contribution < 1.29 is 14.8 Å². The first-order chi connectivity index (χ1) is 10.5. The van der Waals surface area contributed by atoms with E-state index >= 15 is 0 Å². The number of hydrogen-bond donors (Lipinski definition) is 1. The molecule has 1 aromatic heterocycles. The lowest BCUT2D eigenvalue weighted by molar-refractivity contribution is -0.386. The van der Waals surface area contributed by atoms with Crippen LogP contribution in [0.15, 0.2) is 22.4 Å². The van der Waals surface area contributed by atoms with Gasteiger partial charge in [-0.25, -0.2) is 0 Å². The molecule has 0 amide bonds. The van der Waals surface area contributed by atoms with Crippen LogP contribution in [0.5, 0.6) is 11.5 Å². The van der Waals surface area contributed by atoms with E-state index in [-0.39, 0.29) is 5.75 Å². The average Bonchev–Trinajstić information content (AvgIpc) is 2.86. The van der Waals surface area contributed by atoms with E-state index in [2.05, 4.69) is 15.3 Å². The zero-order chi connectivity index (χ0) is 16.3. The monoisotopic (exact) mass is 323 g/mol. The molecule has 0 aliphatic heterocycles. The highest BCUT2D eigenvalue weighted by molar-refractivity contribution is 7.98. The third kappa shape index (κ3) is 3.01. The van der Waals surface area contributed by atoms with Gasteiger partial charge in [0.25, 0.3) is 0 Å². The second kappa shape index (κ2) is 6.43. The van der Waals surface area contributed by atoms with E-state index in [0.29, 0.717) is 16.5 Å². The molecule has 9 nitrogen and oxygen atoms in total. The molecule has 0 aliphatic carbocycles. The van der Waals surface area contributed by atoms with Gasteiger partial charge in [0.2, 0.25) is 10.9 Å². The van der Waals surface area contributed by atoms with Crippen LogP contribution in [0.2, 0.25) is 0 Å². The Morgan fingerprint density at radius 3 is 2.82 bits per heavy atom. The Kier molecular flexibility index (Phi) is 4.61. The highest BCUT2D eigenvalue weighted by atomic mass is 32.2. The van der Waals surface area contributed by atoms with Gasteiger partial charge in [-0.2, -0.15) is 9.78 Å². The summed E-state index contributed by atoms with van der Waals surface area (Å²) >= 11 is 1.37. The van der Waals surface area contributed by atoms with E-state index in [1.165, 1.54) is 41.9 Å². The number of rotatable bonds is 5. The molecular weight excluding hydrogens is 310 g/mol. The number of nitrogens with zero attached hydrogens (tertiary/aromatic N) is 5. The minimum absolute atomic E-state index is 0.00113. The first-order valence-electron chi connectivity index (χ1n) is 6.03. The Labute approximate surface area is 129 Å². The van der Waals surface area contributed by atoms with Crippen LogP contribution in [0.25, 0.3) is 0 Å². The Balaban J connectivity index is 2.45. The first-order valence-corrected chi connectivity index (χ1v) is 7.26. The molecule has 0 saturated heterocycles. The van der Waals surface area contributed by atoms with Crippen molar-refractivity contribution in [3.05, 3.63) is 33.6 Å². The maximum atomic E-state index is 10.9. The normalized spacial score (nSPS) is 11.0. The minimum Gasteiger partial charge on any atom is -0.500 e. The molecule has 1 heterocycles. The molecular formula is C12H13N5O4S. The fraction of sp³-hybridized carbons (Fsp3) is 0.250. The molecule has 0 fully saturated rings. The summed E-state index contributed by atoms with van der Waals surface area (Å²) in [4.78, 5) is 10.3. The number of phenolic OH excluding ortho intramolecular Hbond substituents is 1. The van der Waals surface area contributed by atoms with Crippen LogP contribution in [0, 0.1) is 17.0 Å². The Hall–Kier alpha value is -2.62. The second-order valence-corrected chi connectivity index (χ2v) is 4.91. The Bertz CT molecular complexity index is 743. The number of aromatic nitrogens is 3. The Morgan fingerprint density at radius 1 is 1.50 bits per heavy atom. The van der Waals surface area contributed by atoms with Crippen molar-refractivity contribution in [2.75, 3.05) is 13.4 Å². The topological polar surface area (TPSA) is 116 Å². The molecule has 2 aromatic rings. The smallest absolute Gasteiger partial charge is 0.315 e. The first kappa shape index (κ1) is 15.8. The van der Waals surface area contributed by atoms with E-state index in [1.54, 1.807) is 6.92 Å². The molecule has 2 rings (SSSR count). The summed E-state index contributed by atoms with van der Waals surface area (Å²) in [5, 5.41) is 33.3. The van der Waals surface area contributed by atoms with E-state index in [9.17, 15) is 15.2 Å². The molecule has 1 aromatic carbocycles. The summed E-state index contributed by atoms with van der Waals surface area (Å²) in [5.41, 5.74) is -0.0483. The third-order valence-electron chi connectivity index (χ3n) is 2.77. The summed E-state index contributed by atoms with van der Waals surface area (Å²) in [6.45, 7) is 1.74. The lowest BCUT2D eigenvalue weighted by atomic mass is 10.2. The fourth-order valence-electron chi connectivity index (χ4n) is 1.71. The van der Waals surface area contributed by atoms with E-state index in [0.717, 1.165) is 0 Å². The maximum absolute atomic E-state index is 10.9. The van der Waals surface area contributed by atoms with Crippen LogP contribution in [-0.4, -0.2) is 44.5 Å². The van der Waals surface area contributed by atoms with Gasteiger partial charge < -0.3 is 9.84 Å². The van der Waals surface area contributed by atoms with Crippen molar-refractivity contribution in [2.45, 2.75) is 12.1 Å². The summed E-state index contributed by atoms with van der Waals surface area (Å²) in [6, 6.07) is 2.66. The molecule has 0 bridgehead atoms. The molecule has 0 atom stereocenters. The zero-order valence-corrected chi connectivity index (χ0v) is 12.9. The van der Waals surface area contributed by atoms with Crippen LogP contribution in [0.3, 0.4) is 0 Å². The lowest BCUT2D eigenvalue weighted by Crippen LogP contribution is -1.98. The standard InChI is InChI=1S/C12H13N5O4S/c1-7-14-15-12(22-3)16(7)13-6-8-4-9(17(19)20)11(18)10(5-8)21-2/h4-6,18H,1-3H3/b13-6-. The molecule has 116 valence electrons. The number of nitro groups is 1. The molecule has 1 N–H and O–H groups in total. The van der Waals surface area contributed by atoms with Crippen molar-refractivity contribution in [2.24, 2.45) is 5.10 Å².